The molecule has 24 heavy (non-hydrogen) atoms. The van der Waals surface area contributed by atoms with E-state index in [-0.39, 0.29) is 28.5 Å². The number of anilines is 1. The summed E-state index contributed by atoms with van der Waals surface area (Å²) in [6.07, 6.45) is 1.43. The second kappa shape index (κ2) is 6.62. The smallest absolute Gasteiger partial charge is 0.292 e. The van der Waals surface area contributed by atoms with Gasteiger partial charge in [-0.05, 0) is 12.1 Å². The monoisotopic (exact) mass is 366 g/mol. The van der Waals surface area contributed by atoms with Gasteiger partial charge >= 0.3 is 0 Å². The highest BCUT2D eigenvalue weighted by atomic mass is 35.5. The third kappa shape index (κ3) is 3.26. The van der Waals surface area contributed by atoms with Gasteiger partial charge in [0.2, 0.25) is 5.91 Å². The summed E-state index contributed by atoms with van der Waals surface area (Å²) < 4.78 is 1.42. The van der Waals surface area contributed by atoms with Crippen LogP contribution in [0.1, 0.15) is 0 Å². The molecule has 0 saturated carbocycles. The highest BCUT2D eigenvalue weighted by Gasteiger charge is 2.28. The van der Waals surface area contributed by atoms with Crippen molar-refractivity contribution in [1.82, 2.24) is 9.55 Å². The Balaban J connectivity index is 1.82. The first-order valence-electron chi connectivity index (χ1n) is 6.89. The van der Waals surface area contributed by atoms with Crippen LogP contribution in [0.25, 0.3) is 0 Å². The zero-order valence-corrected chi connectivity index (χ0v) is 13.7. The number of carbonyl (C=O) groups excluding carboxylic acids is 1. The van der Waals surface area contributed by atoms with Crippen LogP contribution in [0.2, 0.25) is 5.02 Å². The van der Waals surface area contributed by atoms with Gasteiger partial charge in [0.15, 0.2) is 5.16 Å². The Bertz CT molecular complexity index is 885. The average Bonchev–Trinajstić information content (AvgIpc) is 2.54. The molecule has 0 fully saturated rings. The van der Waals surface area contributed by atoms with E-state index in [0.29, 0.717) is 10.9 Å². The number of amides is 1. The number of benzene rings is 1. The number of rotatable bonds is 3. The summed E-state index contributed by atoms with van der Waals surface area (Å²) in [5.41, 5.74) is -0.444. The highest BCUT2D eigenvalue weighted by molar-refractivity contribution is 7.99. The second-order valence-electron chi connectivity index (χ2n) is 5.09. The molecule has 124 valence electrons. The minimum atomic E-state index is -0.592. The average molecular weight is 367 g/mol. The lowest BCUT2D eigenvalue weighted by Gasteiger charge is -2.23. The number of nitro benzene ring substituents is 1. The number of aromatic nitrogens is 2. The lowest BCUT2D eigenvalue weighted by molar-refractivity contribution is -0.383. The van der Waals surface area contributed by atoms with Gasteiger partial charge in [0, 0.05) is 35.6 Å². The Labute approximate surface area is 145 Å². The molecule has 1 atom stereocenters. The number of nitrogens with zero attached hydrogens (tertiary/aromatic N) is 3. The molecule has 10 heteroatoms. The molecular weight excluding hydrogens is 356 g/mol. The van der Waals surface area contributed by atoms with Gasteiger partial charge in [0.05, 0.1) is 10.8 Å². The number of nitrogens with one attached hydrogen (secondary N) is 1. The van der Waals surface area contributed by atoms with Gasteiger partial charge in [0.25, 0.3) is 11.2 Å². The maximum atomic E-state index is 12.4. The number of fused-ring (bicyclic) bond motifs is 1. The molecular formula is C14H11ClN4O4S. The summed E-state index contributed by atoms with van der Waals surface area (Å²) in [4.78, 5) is 38.9. The number of carbonyl (C=O) groups is 1. The third-order valence-corrected chi connectivity index (χ3v) is 4.89. The van der Waals surface area contributed by atoms with Gasteiger partial charge in [0.1, 0.15) is 5.69 Å². The van der Waals surface area contributed by atoms with E-state index in [2.05, 4.69) is 10.3 Å². The summed E-state index contributed by atoms with van der Waals surface area (Å²) in [6.45, 7) is 0.176. The summed E-state index contributed by atoms with van der Waals surface area (Å²) in [5, 5.41) is 14.4. The zero-order chi connectivity index (χ0) is 17.3. The van der Waals surface area contributed by atoms with Crippen molar-refractivity contribution in [2.75, 3.05) is 11.1 Å². The Hall–Kier alpha value is -2.39. The molecule has 3 rings (SSSR count). The van der Waals surface area contributed by atoms with E-state index in [1.165, 1.54) is 46.8 Å². The molecule has 1 N–H and O–H groups in total. The van der Waals surface area contributed by atoms with E-state index in [9.17, 15) is 19.7 Å². The van der Waals surface area contributed by atoms with Crippen LogP contribution < -0.4 is 10.9 Å². The van der Waals surface area contributed by atoms with E-state index < -0.39 is 16.7 Å². The molecule has 1 aromatic carbocycles. The van der Waals surface area contributed by atoms with E-state index in [0.717, 1.165) is 0 Å². The maximum Gasteiger partial charge on any atom is 0.292 e. The van der Waals surface area contributed by atoms with Crippen molar-refractivity contribution in [3.8, 4) is 0 Å². The Kier molecular flexibility index (Phi) is 4.54. The van der Waals surface area contributed by atoms with Crippen molar-refractivity contribution < 1.29 is 9.72 Å². The van der Waals surface area contributed by atoms with E-state index in [1.54, 1.807) is 0 Å². The van der Waals surface area contributed by atoms with Gasteiger partial charge < -0.3 is 5.32 Å². The molecule has 1 amide bonds. The fourth-order valence-corrected chi connectivity index (χ4v) is 3.55. The van der Waals surface area contributed by atoms with E-state index in [4.69, 9.17) is 11.6 Å². The predicted molar refractivity (Wildman–Crippen MR) is 89.4 cm³/mol. The molecule has 2 aromatic rings. The van der Waals surface area contributed by atoms with Gasteiger partial charge in [-0.25, -0.2) is 4.98 Å². The lowest BCUT2D eigenvalue weighted by atomic mass is 10.1. The summed E-state index contributed by atoms with van der Waals surface area (Å²) in [6, 6.07) is 5.27. The van der Waals surface area contributed by atoms with Gasteiger partial charge in [-0.1, -0.05) is 23.4 Å². The van der Waals surface area contributed by atoms with Crippen molar-refractivity contribution >= 4 is 40.6 Å². The van der Waals surface area contributed by atoms with Crippen molar-refractivity contribution in [2.24, 2.45) is 5.92 Å². The molecule has 0 aliphatic carbocycles. The molecule has 1 aliphatic rings. The van der Waals surface area contributed by atoms with Crippen LogP contribution in [-0.2, 0) is 11.3 Å². The first-order chi connectivity index (χ1) is 11.5. The Morgan fingerprint density at radius 2 is 2.25 bits per heavy atom. The maximum absolute atomic E-state index is 12.4. The fourth-order valence-electron chi connectivity index (χ4n) is 2.31. The lowest BCUT2D eigenvalue weighted by Crippen LogP contribution is -2.36. The van der Waals surface area contributed by atoms with Crippen LogP contribution >= 0.6 is 23.4 Å². The number of nitro groups is 1. The Morgan fingerprint density at radius 3 is 3.00 bits per heavy atom. The molecule has 1 aliphatic heterocycles. The highest BCUT2D eigenvalue weighted by Crippen LogP contribution is 2.30. The molecule has 0 bridgehead atoms. The van der Waals surface area contributed by atoms with Crippen LogP contribution in [0.3, 0.4) is 0 Å². The quantitative estimate of drug-likeness (QED) is 0.506. The first-order valence-corrected chi connectivity index (χ1v) is 8.25. The van der Waals surface area contributed by atoms with Crippen LogP contribution in [-0.4, -0.2) is 26.1 Å². The number of hydrogen-bond donors (Lipinski definition) is 1. The standard InChI is InChI=1S/C14H11ClN4O4S/c15-9-1-2-11(19(22)23)10(5-9)17-13(21)8-6-18-12(20)3-4-16-14(18)24-7-8/h1-5,8H,6-7H2,(H,17,21). The van der Waals surface area contributed by atoms with E-state index in [1.807, 2.05) is 0 Å². The summed E-state index contributed by atoms with van der Waals surface area (Å²) >= 11 is 7.14. The SMILES string of the molecule is O=C(Nc1cc(Cl)ccc1[N+](=O)[O-])C1CSc2nccc(=O)n2C1. The van der Waals surface area contributed by atoms with Crippen molar-refractivity contribution in [3.63, 3.8) is 0 Å². The molecule has 0 saturated heterocycles. The minimum absolute atomic E-state index is 0.0341. The fraction of sp³-hybridized carbons (Fsp3) is 0.214. The summed E-state index contributed by atoms with van der Waals surface area (Å²) in [7, 11) is 0. The second-order valence-corrected chi connectivity index (χ2v) is 6.52. The van der Waals surface area contributed by atoms with Crippen LogP contribution in [0.15, 0.2) is 40.4 Å². The van der Waals surface area contributed by atoms with Gasteiger partial charge in [-0.3, -0.25) is 24.3 Å². The summed E-state index contributed by atoms with van der Waals surface area (Å²) in [5.74, 6) is -0.492. The van der Waals surface area contributed by atoms with Crippen molar-refractivity contribution in [2.45, 2.75) is 11.7 Å². The zero-order valence-electron chi connectivity index (χ0n) is 12.1. The van der Waals surface area contributed by atoms with Crippen LogP contribution in [0.5, 0.6) is 0 Å². The molecule has 0 spiro atoms. The normalized spacial score (nSPS) is 16.3. The predicted octanol–water partition coefficient (Wildman–Crippen LogP) is 2.17. The number of halogens is 1. The van der Waals surface area contributed by atoms with Crippen LogP contribution in [0.4, 0.5) is 11.4 Å². The minimum Gasteiger partial charge on any atom is -0.320 e. The largest absolute Gasteiger partial charge is 0.320 e. The van der Waals surface area contributed by atoms with E-state index >= 15 is 0 Å². The Morgan fingerprint density at radius 1 is 1.46 bits per heavy atom. The molecule has 2 heterocycles. The van der Waals surface area contributed by atoms with Gasteiger partial charge in [-0.2, -0.15) is 0 Å². The number of thioether (sulfide) groups is 1. The molecule has 0 radical (unpaired) electrons. The third-order valence-electron chi connectivity index (χ3n) is 3.50. The first kappa shape index (κ1) is 16.5. The topological polar surface area (TPSA) is 107 Å². The van der Waals surface area contributed by atoms with Crippen molar-refractivity contribution in [3.05, 3.63) is 56.0 Å². The van der Waals surface area contributed by atoms with Crippen LogP contribution in [0, 0.1) is 16.0 Å². The van der Waals surface area contributed by atoms with Crippen molar-refractivity contribution in [1.29, 1.82) is 0 Å². The van der Waals surface area contributed by atoms with Gasteiger partial charge in [-0.15, -0.1) is 0 Å². The number of hydrogen-bond acceptors (Lipinski definition) is 6. The molecule has 1 unspecified atom stereocenters. The molecule has 1 aromatic heterocycles. The molecule has 8 nitrogen and oxygen atoms in total.